The molecule has 0 amide bonds. The van der Waals surface area contributed by atoms with E-state index < -0.39 is 0 Å². The lowest BCUT2D eigenvalue weighted by Gasteiger charge is -2.21. The van der Waals surface area contributed by atoms with Crippen molar-refractivity contribution in [2.24, 2.45) is 0 Å². The molecule has 0 saturated heterocycles. The van der Waals surface area contributed by atoms with Gasteiger partial charge in [-0.25, -0.2) is 9.97 Å². The molecular formula is C12H21N3O2. The molecule has 96 valence electrons. The van der Waals surface area contributed by atoms with Gasteiger partial charge in [-0.1, -0.05) is 13.3 Å². The van der Waals surface area contributed by atoms with Crippen LogP contribution in [0.1, 0.15) is 31.0 Å². The zero-order chi connectivity index (χ0) is 12.7. The third-order valence-electron chi connectivity index (χ3n) is 2.67. The van der Waals surface area contributed by atoms with Gasteiger partial charge in [0, 0.05) is 30.5 Å². The Labute approximate surface area is 102 Å². The van der Waals surface area contributed by atoms with Crippen molar-refractivity contribution in [3.63, 3.8) is 0 Å². The Morgan fingerprint density at radius 2 is 2.06 bits per heavy atom. The van der Waals surface area contributed by atoms with Crippen LogP contribution in [-0.4, -0.2) is 39.9 Å². The zero-order valence-electron chi connectivity index (χ0n) is 10.6. The third-order valence-corrected chi connectivity index (χ3v) is 2.67. The number of aliphatic hydroxyl groups is 2. The van der Waals surface area contributed by atoms with Crippen molar-refractivity contribution in [2.45, 2.75) is 33.3 Å². The third kappa shape index (κ3) is 3.94. The van der Waals surface area contributed by atoms with Crippen LogP contribution in [0.3, 0.4) is 0 Å². The summed E-state index contributed by atoms with van der Waals surface area (Å²) in [6, 6.07) is 0. The lowest BCUT2D eigenvalue weighted by molar-refractivity contribution is 0.279. The summed E-state index contributed by atoms with van der Waals surface area (Å²) < 4.78 is 0. The van der Waals surface area contributed by atoms with Gasteiger partial charge in [0.15, 0.2) is 0 Å². The van der Waals surface area contributed by atoms with Gasteiger partial charge in [-0.3, -0.25) is 0 Å². The van der Waals surface area contributed by atoms with Crippen LogP contribution in [0.4, 0.5) is 5.95 Å². The highest BCUT2D eigenvalue weighted by Crippen LogP contribution is 2.11. The second kappa shape index (κ2) is 7.19. The fourth-order valence-electron chi connectivity index (χ4n) is 1.57. The standard InChI is InChI=1S/C12H21N3O2/c1-3-4-5-15(6-7-16)12-13-8-11(9-17)10(2)14-12/h8,16-17H,3-7,9H2,1-2H3. The number of aliphatic hydroxyl groups excluding tert-OH is 2. The van der Waals surface area contributed by atoms with Crippen molar-refractivity contribution in [1.82, 2.24) is 9.97 Å². The molecule has 1 aromatic heterocycles. The SMILES string of the molecule is CCCCN(CCO)c1ncc(CO)c(C)n1. The first-order valence-electron chi connectivity index (χ1n) is 6.02. The molecule has 0 saturated carbocycles. The summed E-state index contributed by atoms with van der Waals surface area (Å²) in [6.45, 7) is 5.41. The first-order valence-corrected chi connectivity index (χ1v) is 6.02. The Bertz CT molecular complexity index is 345. The summed E-state index contributed by atoms with van der Waals surface area (Å²) in [5.74, 6) is 0.627. The first kappa shape index (κ1) is 13.9. The van der Waals surface area contributed by atoms with Crippen molar-refractivity contribution in [3.8, 4) is 0 Å². The number of hydrogen-bond donors (Lipinski definition) is 2. The van der Waals surface area contributed by atoms with Gasteiger partial charge in [0.05, 0.1) is 13.2 Å². The van der Waals surface area contributed by atoms with Crippen LogP contribution in [0.15, 0.2) is 6.20 Å². The molecule has 0 atom stereocenters. The fraction of sp³-hybridized carbons (Fsp3) is 0.667. The second-order valence-electron chi connectivity index (χ2n) is 4.00. The number of aryl methyl sites for hydroxylation is 1. The van der Waals surface area contributed by atoms with Crippen molar-refractivity contribution >= 4 is 5.95 Å². The van der Waals surface area contributed by atoms with Gasteiger partial charge in [0.1, 0.15) is 0 Å². The lowest BCUT2D eigenvalue weighted by Crippen LogP contribution is -2.29. The molecule has 1 heterocycles. The molecule has 1 rings (SSSR count). The van der Waals surface area contributed by atoms with E-state index in [9.17, 15) is 0 Å². The van der Waals surface area contributed by atoms with E-state index in [1.54, 1.807) is 6.20 Å². The molecule has 0 aliphatic heterocycles. The number of aromatic nitrogens is 2. The topological polar surface area (TPSA) is 69.5 Å². The molecule has 0 aliphatic rings. The van der Waals surface area contributed by atoms with Gasteiger partial charge in [0.2, 0.25) is 5.95 Å². The molecule has 0 aliphatic carbocycles. The Kier molecular flexibility index (Phi) is 5.86. The molecule has 1 aromatic rings. The van der Waals surface area contributed by atoms with Crippen molar-refractivity contribution in [3.05, 3.63) is 17.5 Å². The molecule has 17 heavy (non-hydrogen) atoms. The summed E-state index contributed by atoms with van der Waals surface area (Å²) in [5.41, 5.74) is 1.53. The van der Waals surface area contributed by atoms with Crippen molar-refractivity contribution in [2.75, 3.05) is 24.6 Å². The van der Waals surface area contributed by atoms with Crippen LogP contribution >= 0.6 is 0 Å². The molecule has 0 aromatic carbocycles. The maximum Gasteiger partial charge on any atom is 0.225 e. The molecule has 0 spiro atoms. The van der Waals surface area contributed by atoms with E-state index in [1.807, 2.05) is 11.8 Å². The molecule has 2 N–H and O–H groups in total. The monoisotopic (exact) mass is 239 g/mol. The van der Waals surface area contributed by atoms with Crippen molar-refractivity contribution < 1.29 is 10.2 Å². The fourth-order valence-corrected chi connectivity index (χ4v) is 1.57. The number of unbranched alkanes of at least 4 members (excludes halogenated alkanes) is 1. The summed E-state index contributed by atoms with van der Waals surface area (Å²) >= 11 is 0. The smallest absolute Gasteiger partial charge is 0.225 e. The zero-order valence-corrected chi connectivity index (χ0v) is 10.6. The Balaban J connectivity index is 2.82. The van der Waals surface area contributed by atoms with Gasteiger partial charge >= 0.3 is 0 Å². The van der Waals surface area contributed by atoms with E-state index in [-0.39, 0.29) is 13.2 Å². The minimum absolute atomic E-state index is 0.0406. The Hall–Kier alpha value is -1.20. The van der Waals surface area contributed by atoms with E-state index in [0.717, 1.165) is 30.6 Å². The number of anilines is 1. The van der Waals surface area contributed by atoms with Crippen LogP contribution in [0.2, 0.25) is 0 Å². The van der Waals surface area contributed by atoms with Crippen LogP contribution in [0.25, 0.3) is 0 Å². The summed E-state index contributed by atoms with van der Waals surface area (Å²) in [7, 11) is 0. The predicted octanol–water partition coefficient (Wildman–Crippen LogP) is 0.876. The lowest BCUT2D eigenvalue weighted by atomic mass is 10.2. The van der Waals surface area contributed by atoms with Gasteiger partial charge in [-0.05, 0) is 13.3 Å². The van der Waals surface area contributed by atoms with Crippen LogP contribution in [0.5, 0.6) is 0 Å². The summed E-state index contributed by atoms with van der Waals surface area (Å²) in [6.07, 6.45) is 3.79. The van der Waals surface area contributed by atoms with E-state index in [2.05, 4.69) is 16.9 Å². The minimum Gasteiger partial charge on any atom is -0.395 e. The highest BCUT2D eigenvalue weighted by molar-refractivity contribution is 5.32. The number of nitrogens with zero attached hydrogens (tertiary/aromatic N) is 3. The number of hydrogen-bond acceptors (Lipinski definition) is 5. The highest BCUT2D eigenvalue weighted by Gasteiger charge is 2.10. The normalized spacial score (nSPS) is 10.6. The van der Waals surface area contributed by atoms with E-state index >= 15 is 0 Å². The predicted molar refractivity (Wildman–Crippen MR) is 66.9 cm³/mol. The summed E-state index contributed by atoms with van der Waals surface area (Å²) in [5, 5.41) is 18.1. The number of rotatable bonds is 7. The van der Waals surface area contributed by atoms with Gasteiger partial charge in [-0.2, -0.15) is 0 Å². The average Bonchev–Trinajstić information content (AvgIpc) is 2.34. The highest BCUT2D eigenvalue weighted by atomic mass is 16.3. The molecule has 0 bridgehead atoms. The van der Waals surface area contributed by atoms with Crippen LogP contribution in [0, 0.1) is 6.92 Å². The van der Waals surface area contributed by atoms with Crippen molar-refractivity contribution in [1.29, 1.82) is 0 Å². The second-order valence-corrected chi connectivity index (χ2v) is 4.00. The molecule has 5 nitrogen and oxygen atoms in total. The largest absolute Gasteiger partial charge is 0.395 e. The van der Waals surface area contributed by atoms with Crippen LogP contribution in [-0.2, 0) is 6.61 Å². The Morgan fingerprint density at radius 1 is 1.29 bits per heavy atom. The molecule has 0 unspecified atom stereocenters. The van der Waals surface area contributed by atoms with Gasteiger partial charge < -0.3 is 15.1 Å². The van der Waals surface area contributed by atoms with E-state index in [4.69, 9.17) is 10.2 Å². The maximum atomic E-state index is 9.06. The average molecular weight is 239 g/mol. The minimum atomic E-state index is -0.0406. The molecule has 0 fully saturated rings. The van der Waals surface area contributed by atoms with Crippen LogP contribution < -0.4 is 4.90 Å². The molecule has 5 heteroatoms. The quantitative estimate of drug-likeness (QED) is 0.739. The summed E-state index contributed by atoms with van der Waals surface area (Å²) in [4.78, 5) is 10.6. The van der Waals surface area contributed by atoms with Gasteiger partial charge in [0.25, 0.3) is 0 Å². The Morgan fingerprint density at radius 3 is 2.59 bits per heavy atom. The first-order chi connectivity index (χ1) is 8.22. The van der Waals surface area contributed by atoms with E-state index in [0.29, 0.717) is 12.5 Å². The van der Waals surface area contributed by atoms with Gasteiger partial charge in [-0.15, -0.1) is 0 Å². The van der Waals surface area contributed by atoms with E-state index in [1.165, 1.54) is 0 Å². The molecule has 0 radical (unpaired) electrons. The molecular weight excluding hydrogens is 218 g/mol. The maximum absolute atomic E-state index is 9.06.